The van der Waals surface area contributed by atoms with Crippen LogP contribution in [-0.4, -0.2) is 9.97 Å². The lowest BCUT2D eigenvalue weighted by atomic mass is 10.2. The molecule has 21 heavy (non-hydrogen) atoms. The van der Waals surface area contributed by atoms with Gasteiger partial charge in [0, 0.05) is 22.0 Å². The molecule has 3 rings (SSSR count). The van der Waals surface area contributed by atoms with Gasteiger partial charge in [-0.3, -0.25) is 4.98 Å². The maximum atomic E-state index is 13.5. The zero-order valence-electron chi connectivity index (χ0n) is 10.1. The highest BCUT2D eigenvalue weighted by molar-refractivity contribution is 14.1. The standard InChI is InChI=1S/C13H5F4IN2O/c14-8-4-11-10(3-7(8)13(15,16)17)20-12(21-11)6-1-2-19-5-9(6)18/h1-5H. The first-order chi connectivity index (χ1) is 9.86. The summed E-state index contributed by atoms with van der Waals surface area (Å²) < 4.78 is 57.5. The van der Waals surface area contributed by atoms with Crippen LogP contribution in [0.5, 0.6) is 0 Å². The van der Waals surface area contributed by atoms with Crippen LogP contribution in [0.25, 0.3) is 22.6 Å². The lowest BCUT2D eigenvalue weighted by Crippen LogP contribution is -2.07. The fourth-order valence-corrected chi connectivity index (χ4v) is 2.40. The number of nitrogens with zero attached hydrogens (tertiary/aromatic N) is 2. The zero-order valence-corrected chi connectivity index (χ0v) is 12.2. The minimum absolute atomic E-state index is 0.0388. The SMILES string of the molecule is Fc1cc2oc(-c3ccncc3I)nc2cc1C(F)(F)F. The summed E-state index contributed by atoms with van der Waals surface area (Å²) in [6.45, 7) is 0. The van der Waals surface area contributed by atoms with E-state index in [2.05, 4.69) is 9.97 Å². The Bertz CT molecular complexity index is 829. The summed E-state index contributed by atoms with van der Waals surface area (Å²) in [6, 6.07) is 2.96. The van der Waals surface area contributed by atoms with Crippen LogP contribution in [0.2, 0.25) is 0 Å². The summed E-state index contributed by atoms with van der Waals surface area (Å²) in [4.78, 5) is 7.89. The second kappa shape index (κ2) is 4.93. The molecular weight excluding hydrogens is 403 g/mol. The van der Waals surface area contributed by atoms with Gasteiger partial charge in [0.15, 0.2) is 5.58 Å². The molecule has 3 nitrogen and oxygen atoms in total. The number of alkyl halides is 3. The molecule has 0 aliphatic rings. The Morgan fingerprint density at radius 1 is 1.19 bits per heavy atom. The monoisotopic (exact) mass is 408 g/mol. The molecule has 0 bridgehead atoms. The Labute approximate surface area is 129 Å². The lowest BCUT2D eigenvalue weighted by Gasteiger charge is -2.06. The normalized spacial score (nSPS) is 12.0. The first-order valence-corrected chi connectivity index (χ1v) is 6.71. The molecule has 8 heteroatoms. The molecule has 108 valence electrons. The number of aromatic nitrogens is 2. The molecule has 0 aliphatic carbocycles. The fourth-order valence-electron chi connectivity index (χ4n) is 1.83. The van der Waals surface area contributed by atoms with Crippen LogP contribution in [0.15, 0.2) is 35.0 Å². The smallest absolute Gasteiger partial charge is 0.419 e. The van der Waals surface area contributed by atoms with Crippen molar-refractivity contribution in [3.05, 3.63) is 45.5 Å². The number of halogens is 5. The molecule has 2 heterocycles. The average molecular weight is 408 g/mol. The number of oxazole rings is 1. The van der Waals surface area contributed by atoms with Crippen molar-refractivity contribution in [2.24, 2.45) is 0 Å². The van der Waals surface area contributed by atoms with Crippen LogP contribution in [0.4, 0.5) is 17.6 Å². The first kappa shape index (κ1) is 14.2. The molecule has 0 amide bonds. The van der Waals surface area contributed by atoms with Gasteiger partial charge in [0.05, 0.1) is 11.1 Å². The van der Waals surface area contributed by atoms with E-state index in [4.69, 9.17) is 4.42 Å². The summed E-state index contributed by atoms with van der Waals surface area (Å²) in [5.74, 6) is -1.27. The lowest BCUT2D eigenvalue weighted by molar-refractivity contribution is -0.139. The van der Waals surface area contributed by atoms with Gasteiger partial charge in [0.1, 0.15) is 11.3 Å². The number of benzene rings is 1. The highest BCUT2D eigenvalue weighted by Crippen LogP contribution is 2.35. The van der Waals surface area contributed by atoms with Crippen molar-refractivity contribution in [1.29, 1.82) is 0 Å². The van der Waals surface area contributed by atoms with Gasteiger partial charge < -0.3 is 4.42 Å². The van der Waals surface area contributed by atoms with Crippen molar-refractivity contribution in [3.63, 3.8) is 0 Å². The number of hydrogen-bond donors (Lipinski definition) is 0. The number of hydrogen-bond acceptors (Lipinski definition) is 3. The minimum Gasteiger partial charge on any atom is -0.436 e. The third kappa shape index (κ3) is 2.59. The number of rotatable bonds is 1. The maximum Gasteiger partial charge on any atom is 0.419 e. The van der Waals surface area contributed by atoms with Crippen LogP contribution in [0, 0.1) is 9.39 Å². The van der Waals surface area contributed by atoms with Crippen molar-refractivity contribution < 1.29 is 22.0 Å². The molecule has 0 atom stereocenters. The van der Waals surface area contributed by atoms with Crippen LogP contribution in [0.1, 0.15) is 5.56 Å². The van der Waals surface area contributed by atoms with E-state index in [1.807, 2.05) is 22.6 Å². The zero-order chi connectivity index (χ0) is 15.2. The van der Waals surface area contributed by atoms with E-state index in [1.165, 1.54) is 6.20 Å². The Kier molecular flexibility index (Phi) is 3.34. The Hall–Kier alpha value is -1.71. The van der Waals surface area contributed by atoms with Crippen LogP contribution in [0.3, 0.4) is 0 Å². The quantitative estimate of drug-likeness (QED) is 0.435. The van der Waals surface area contributed by atoms with E-state index in [-0.39, 0.29) is 17.0 Å². The molecule has 2 aromatic heterocycles. The minimum atomic E-state index is -4.78. The van der Waals surface area contributed by atoms with Crippen LogP contribution >= 0.6 is 22.6 Å². The molecule has 0 saturated heterocycles. The number of fused-ring (bicyclic) bond motifs is 1. The first-order valence-electron chi connectivity index (χ1n) is 5.63. The van der Waals surface area contributed by atoms with E-state index in [0.29, 0.717) is 17.7 Å². The predicted molar refractivity (Wildman–Crippen MR) is 74.9 cm³/mol. The third-order valence-electron chi connectivity index (χ3n) is 2.79. The van der Waals surface area contributed by atoms with E-state index in [1.54, 1.807) is 12.3 Å². The summed E-state index contributed by atoms with van der Waals surface area (Å²) in [6.07, 6.45) is -1.71. The van der Waals surface area contributed by atoms with Crippen LogP contribution < -0.4 is 0 Å². The predicted octanol–water partition coefficient (Wildman–Crippen LogP) is 4.65. The molecule has 0 spiro atoms. The third-order valence-corrected chi connectivity index (χ3v) is 3.65. The van der Waals surface area contributed by atoms with Gasteiger partial charge >= 0.3 is 6.18 Å². The second-order valence-electron chi connectivity index (χ2n) is 4.17. The molecule has 0 N–H and O–H groups in total. The molecule has 0 fully saturated rings. The molecule has 0 saturated carbocycles. The highest BCUT2D eigenvalue weighted by atomic mass is 127. The largest absolute Gasteiger partial charge is 0.436 e. The van der Waals surface area contributed by atoms with Crippen molar-refractivity contribution in [3.8, 4) is 11.5 Å². The molecule has 0 unspecified atom stereocenters. The van der Waals surface area contributed by atoms with Gasteiger partial charge in [0.25, 0.3) is 0 Å². The Balaban J connectivity index is 2.20. The van der Waals surface area contributed by atoms with Crippen molar-refractivity contribution in [1.82, 2.24) is 9.97 Å². The highest BCUT2D eigenvalue weighted by Gasteiger charge is 2.35. The van der Waals surface area contributed by atoms with Crippen molar-refractivity contribution >= 4 is 33.7 Å². The molecular formula is C13H5F4IN2O. The summed E-state index contributed by atoms with van der Waals surface area (Å²) in [7, 11) is 0. The molecule has 3 aromatic rings. The molecule has 0 radical (unpaired) electrons. The van der Waals surface area contributed by atoms with Crippen molar-refractivity contribution in [2.45, 2.75) is 6.18 Å². The van der Waals surface area contributed by atoms with E-state index in [0.717, 1.165) is 3.57 Å². The molecule has 0 aliphatic heterocycles. The van der Waals surface area contributed by atoms with E-state index >= 15 is 0 Å². The maximum absolute atomic E-state index is 13.5. The average Bonchev–Trinajstić information content (AvgIpc) is 2.79. The van der Waals surface area contributed by atoms with Gasteiger partial charge in [-0.25, -0.2) is 9.37 Å². The van der Waals surface area contributed by atoms with E-state index < -0.39 is 17.6 Å². The Morgan fingerprint density at radius 3 is 2.62 bits per heavy atom. The van der Waals surface area contributed by atoms with Gasteiger partial charge in [0.2, 0.25) is 5.89 Å². The summed E-state index contributed by atoms with van der Waals surface area (Å²) in [5, 5.41) is 0. The van der Waals surface area contributed by atoms with Gasteiger partial charge in [-0.2, -0.15) is 13.2 Å². The topological polar surface area (TPSA) is 38.9 Å². The summed E-state index contributed by atoms with van der Waals surface area (Å²) >= 11 is 2.00. The van der Waals surface area contributed by atoms with E-state index in [9.17, 15) is 17.6 Å². The Morgan fingerprint density at radius 2 is 1.95 bits per heavy atom. The summed E-state index contributed by atoms with van der Waals surface area (Å²) in [5.41, 5.74) is -0.871. The van der Waals surface area contributed by atoms with Gasteiger partial charge in [-0.05, 0) is 34.7 Å². The molecule has 1 aromatic carbocycles. The van der Waals surface area contributed by atoms with Gasteiger partial charge in [-0.1, -0.05) is 0 Å². The second-order valence-corrected chi connectivity index (χ2v) is 5.33. The van der Waals surface area contributed by atoms with Crippen molar-refractivity contribution in [2.75, 3.05) is 0 Å². The van der Waals surface area contributed by atoms with Gasteiger partial charge in [-0.15, -0.1) is 0 Å². The van der Waals surface area contributed by atoms with Crippen LogP contribution in [-0.2, 0) is 6.18 Å². The number of pyridine rings is 1. The fraction of sp³-hybridized carbons (Fsp3) is 0.0769.